The van der Waals surface area contributed by atoms with Gasteiger partial charge in [-0.25, -0.2) is 0 Å². The minimum absolute atomic E-state index is 0.233. The van der Waals surface area contributed by atoms with Crippen molar-refractivity contribution in [1.29, 1.82) is 0 Å². The molecule has 0 N–H and O–H groups in total. The van der Waals surface area contributed by atoms with Gasteiger partial charge >= 0.3 is 0 Å². The molecule has 0 aromatic heterocycles. The fraction of sp³-hybridized carbons (Fsp3) is 0.864. The van der Waals surface area contributed by atoms with Crippen LogP contribution in [0, 0.1) is 0 Å². The molecule has 0 aromatic rings. The number of ether oxygens (including phenoxy) is 27. The van der Waals surface area contributed by atoms with Crippen LogP contribution in [-0.2, 0) is 142 Å². The maximum absolute atomic E-state index is 12.1. The molecule has 33 nitrogen and oxygen atoms in total. The maximum Gasteiger partial charge on any atom is 0.245 e. The van der Waals surface area contributed by atoms with Crippen LogP contribution in [0.25, 0.3) is 0 Å². The van der Waals surface area contributed by atoms with Gasteiger partial charge in [0.1, 0.15) is 146 Å². The molecule has 6 aliphatic rings. The fourth-order valence-electron chi connectivity index (χ4n) is 13.2. The second-order valence-corrected chi connectivity index (χ2v) is 23.9. The third-order valence-corrected chi connectivity index (χ3v) is 18.4. The predicted molar refractivity (Wildman–Crippen MR) is 351 cm³/mol. The fourth-order valence-corrected chi connectivity index (χ4v) is 13.2. The topological polar surface area (TPSA) is 310 Å². The summed E-state index contributed by atoms with van der Waals surface area (Å²) in [6.07, 6.45) is -10.9. The van der Waals surface area contributed by atoms with Gasteiger partial charge < -0.3 is 143 Å². The zero-order valence-electron chi connectivity index (χ0n) is 61.9. The lowest BCUT2D eigenvalue weighted by Crippen LogP contribution is -2.65. The van der Waals surface area contributed by atoms with E-state index in [-0.39, 0.29) is 55.7 Å². The van der Waals surface area contributed by atoms with E-state index < -0.39 is 147 Å². The van der Waals surface area contributed by atoms with Crippen molar-refractivity contribution in [2.24, 2.45) is 0 Å². The van der Waals surface area contributed by atoms with Crippen LogP contribution < -0.4 is 0 Å². The van der Waals surface area contributed by atoms with E-state index in [9.17, 15) is 14.4 Å². The van der Waals surface area contributed by atoms with E-state index in [1.54, 1.807) is 149 Å². The Morgan fingerprint density at radius 1 is 0.303 bits per heavy atom. The van der Waals surface area contributed by atoms with Gasteiger partial charge in [0, 0.05) is 169 Å². The average Bonchev–Trinajstić information content (AvgIpc) is 0.792. The molecule has 33 heteroatoms. The molecule has 6 rings (SSSR count). The van der Waals surface area contributed by atoms with Crippen LogP contribution in [0.4, 0.5) is 0 Å². The number of carbonyl (C=O) groups is 3. The van der Waals surface area contributed by atoms with Crippen molar-refractivity contribution < 1.29 is 142 Å². The number of nitrogens with zero attached hydrogens (tertiary/aromatic N) is 3. The van der Waals surface area contributed by atoms with Crippen molar-refractivity contribution in [3.8, 4) is 0 Å². The molecule has 0 saturated carbocycles. The number of likely N-dealkylation sites (N-methyl/N-ethyl adjacent to an activating group) is 3. The smallest absolute Gasteiger partial charge is 0.245 e. The van der Waals surface area contributed by atoms with Crippen LogP contribution in [-0.4, -0.2) is 406 Å². The van der Waals surface area contributed by atoms with Crippen LogP contribution in [0.15, 0.2) is 38.0 Å². The third-order valence-electron chi connectivity index (χ3n) is 18.4. The number of rotatable bonds is 36. The van der Waals surface area contributed by atoms with Crippen LogP contribution in [0.2, 0.25) is 0 Å². The highest BCUT2D eigenvalue weighted by molar-refractivity contribution is 5.87. The number of hydrogen-bond donors (Lipinski definition) is 0. The van der Waals surface area contributed by atoms with Gasteiger partial charge in [-0.15, -0.1) is 0 Å². The lowest BCUT2D eigenvalue weighted by Gasteiger charge is -2.48. The van der Waals surface area contributed by atoms with Gasteiger partial charge in [-0.05, 0) is 18.2 Å². The van der Waals surface area contributed by atoms with Crippen molar-refractivity contribution in [2.75, 3.05) is 208 Å². The van der Waals surface area contributed by atoms with Crippen LogP contribution in [0.3, 0.4) is 0 Å². The monoisotopic (exact) mass is 1430 g/mol. The van der Waals surface area contributed by atoms with Crippen molar-refractivity contribution in [3.05, 3.63) is 38.0 Å². The Morgan fingerprint density at radius 3 is 0.687 bits per heavy atom. The predicted octanol–water partition coefficient (Wildman–Crippen LogP) is -0.417. The highest BCUT2D eigenvalue weighted by Crippen LogP contribution is 2.37. The molecule has 0 aromatic carbocycles. The minimum atomic E-state index is -0.871. The van der Waals surface area contributed by atoms with Gasteiger partial charge in [0.25, 0.3) is 0 Å². The van der Waals surface area contributed by atoms with Crippen LogP contribution in [0.5, 0.6) is 0 Å². The zero-order valence-corrected chi connectivity index (χ0v) is 61.9. The molecule has 27 unspecified atom stereocenters. The van der Waals surface area contributed by atoms with E-state index in [1.807, 2.05) is 0 Å². The molecular formula is C66H117N3O30. The van der Waals surface area contributed by atoms with Gasteiger partial charge in [0.05, 0.1) is 39.6 Å². The Bertz CT molecular complexity index is 2070. The number of methoxy groups -OCH3 is 18. The van der Waals surface area contributed by atoms with Gasteiger partial charge in [0.2, 0.25) is 17.7 Å². The van der Waals surface area contributed by atoms with E-state index in [0.717, 1.165) is 0 Å². The molecule has 6 fully saturated rings. The summed E-state index contributed by atoms with van der Waals surface area (Å²) < 4.78 is 157. The summed E-state index contributed by atoms with van der Waals surface area (Å²) in [5, 5.41) is 0. The number of hydrogen-bond acceptors (Lipinski definition) is 30. The standard InChI is InChI=1S/3C22H39NO10/c3*1-9-16(24)23(2)10-13-17(27-5)20(29-7)21(30-8)22(32-13)33-19-15(11-25-3)31-12-14(26-4)18(19)28-6/h3*9,13-15,17-22H,1,10-12H2,2-8H3. The summed E-state index contributed by atoms with van der Waals surface area (Å²) in [4.78, 5) is 40.7. The second-order valence-electron chi connectivity index (χ2n) is 23.9. The summed E-state index contributed by atoms with van der Waals surface area (Å²) in [5.74, 6) is -0.717. The van der Waals surface area contributed by atoms with E-state index in [2.05, 4.69) is 19.7 Å². The molecule has 0 radical (unpaired) electrons. The minimum Gasteiger partial charge on any atom is -0.382 e. The Kier molecular flexibility index (Phi) is 40.6. The lowest BCUT2D eigenvalue weighted by molar-refractivity contribution is -0.343. The molecule has 0 bridgehead atoms. The Balaban J connectivity index is 0.000000315. The first-order valence-corrected chi connectivity index (χ1v) is 32.5. The average molecular weight is 1430 g/mol. The normalized spacial score (nSPS) is 37.0. The second kappa shape index (κ2) is 45.7. The molecule has 576 valence electrons. The van der Waals surface area contributed by atoms with Gasteiger partial charge in [-0.2, -0.15) is 0 Å². The molecule has 6 aliphatic heterocycles. The molecule has 27 atom stereocenters. The zero-order chi connectivity index (χ0) is 73.6. The lowest BCUT2D eigenvalue weighted by atomic mass is 9.96. The molecule has 0 spiro atoms. The largest absolute Gasteiger partial charge is 0.382 e. The molecule has 99 heavy (non-hydrogen) atoms. The van der Waals surface area contributed by atoms with Crippen molar-refractivity contribution in [3.63, 3.8) is 0 Å². The molecular weight excluding hydrogens is 1310 g/mol. The first kappa shape index (κ1) is 88.0. The van der Waals surface area contributed by atoms with Crippen molar-refractivity contribution in [1.82, 2.24) is 14.7 Å². The summed E-state index contributed by atoms with van der Waals surface area (Å²) in [6, 6.07) is 0. The third kappa shape index (κ3) is 22.8. The van der Waals surface area contributed by atoms with E-state index in [0.29, 0.717) is 39.6 Å². The van der Waals surface area contributed by atoms with E-state index in [4.69, 9.17) is 128 Å². The van der Waals surface area contributed by atoms with E-state index >= 15 is 0 Å². The van der Waals surface area contributed by atoms with Crippen molar-refractivity contribution in [2.45, 2.75) is 165 Å². The molecule has 6 saturated heterocycles. The SMILES string of the molecule is C=CC(=O)N(C)CC1OC(OC2C(COC)OCC(OC)C2OC)C(OC)C(OC)C1OC.C=CC(=O)N(C)CC1OC(OC2C(COC)OCC(OC)C2OC)C(OC)C(OC)C1OC.C=CC(=O)N(C)CC1OC(OC2C(COC)OCC(OC)C2OC)C(OC)C(OC)C1OC. The summed E-state index contributed by atoms with van der Waals surface area (Å²) in [7, 11) is 33.3. The summed E-state index contributed by atoms with van der Waals surface area (Å²) >= 11 is 0. The molecule has 3 amide bonds. The van der Waals surface area contributed by atoms with Gasteiger partial charge in [0.15, 0.2) is 18.9 Å². The summed E-state index contributed by atoms with van der Waals surface area (Å²) in [6.45, 7) is 13.2. The first-order valence-electron chi connectivity index (χ1n) is 32.5. The molecule has 0 aliphatic carbocycles. The highest BCUT2D eigenvalue weighted by Gasteiger charge is 2.56. The quantitative estimate of drug-likeness (QED) is 0.0720. The van der Waals surface area contributed by atoms with Gasteiger partial charge in [-0.1, -0.05) is 19.7 Å². The van der Waals surface area contributed by atoms with Crippen molar-refractivity contribution >= 4 is 17.7 Å². The van der Waals surface area contributed by atoms with Gasteiger partial charge in [-0.3, -0.25) is 14.4 Å². The number of carbonyl (C=O) groups excluding carboxylic acids is 3. The Hall–Kier alpha value is -3.45. The van der Waals surface area contributed by atoms with E-state index in [1.165, 1.54) is 32.9 Å². The molecule has 6 heterocycles. The highest BCUT2D eigenvalue weighted by atomic mass is 16.8. The summed E-state index contributed by atoms with van der Waals surface area (Å²) in [5.41, 5.74) is 0. The number of amides is 3. The van der Waals surface area contributed by atoms with Crippen LogP contribution in [0.1, 0.15) is 0 Å². The Morgan fingerprint density at radius 2 is 0.515 bits per heavy atom. The Labute approximate surface area is 584 Å². The first-order chi connectivity index (χ1) is 47.7. The maximum atomic E-state index is 12.1. The van der Waals surface area contributed by atoms with Crippen LogP contribution >= 0.6 is 0 Å².